The van der Waals surface area contributed by atoms with Crippen LogP contribution in [0.2, 0.25) is 10.2 Å². The van der Waals surface area contributed by atoms with Crippen molar-refractivity contribution in [3.63, 3.8) is 0 Å². The van der Waals surface area contributed by atoms with E-state index in [1.807, 2.05) is 24.7 Å². The van der Waals surface area contributed by atoms with Crippen LogP contribution in [0.5, 0.6) is 0 Å². The van der Waals surface area contributed by atoms with Crippen LogP contribution in [0.1, 0.15) is 5.69 Å². The monoisotopic (exact) mass is 537 g/mol. The van der Waals surface area contributed by atoms with E-state index in [2.05, 4.69) is 36.0 Å². The molecular weight excluding hydrogens is 516 g/mol. The van der Waals surface area contributed by atoms with Gasteiger partial charge in [0.15, 0.2) is 11.6 Å². The van der Waals surface area contributed by atoms with Crippen LogP contribution in [0, 0.1) is 0 Å². The first-order chi connectivity index (χ1) is 13.0. The summed E-state index contributed by atoms with van der Waals surface area (Å²) in [7, 11) is 5.44. The number of halogens is 3. The van der Waals surface area contributed by atoms with Crippen LogP contribution in [0.25, 0.3) is 11.0 Å². The molecule has 9 nitrogen and oxygen atoms in total. The molecule has 0 saturated carbocycles. The SMILES string of the molecule is CN=C(NCCNc1ncnc2c1cnn2C)NCc1cc(Cl)c(Cl)n1C.I. The van der Waals surface area contributed by atoms with Crippen LogP contribution < -0.4 is 16.0 Å². The summed E-state index contributed by atoms with van der Waals surface area (Å²) >= 11 is 12.1. The zero-order chi connectivity index (χ0) is 19.4. The third-order valence-corrected chi connectivity index (χ3v) is 4.96. The van der Waals surface area contributed by atoms with Gasteiger partial charge in [-0.25, -0.2) is 9.97 Å². The number of hydrogen-bond acceptors (Lipinski definition) is 5. The minimum Gasteiger partial charge on any atom is -0.368 e. The van der Waals surface area contributed by atoms with E-state index in [0.717, 1.165) is 22.5 Å². The Morgan fingerprint density at radius 2 is 1.96 bits per heavy atom. The van der Waals surface area contributed by atoms with E-state index in [-0.39, 0.29) is 24.0 Å². The normalized spacial score (nSPS) is 11.4. The number of anilines is 1. The first-order valence-corrected chi connectivity index (χ1v) is 9.07. The lowest BCUT2D eigenvalue weighted by Crippen LogP contribution is -2.39. The molecule has 12 heteroatoms. The Morgan fingerprint density at radius 1 is 1.18 bits per heavy atom. The minimum atomic E-state index is 0. The van der Waals surface area contributed by atoms with Gasteiger partial charge in [-0.15, -0.1) is 24.0 Å². The second-order valence-corrected chi connectivity index (χ2v) is 6.61. The molecule has 0 radical (unpaired) electrons. The highest BCUT2D eigenvalue weighted by molar-refractivity contribution is 14.0. The van der Waals surface area contributed by atoms with Gasteiger partial charge in [0.1, 0.15) is 17.3 Å². The van der Waals surface area contributed by atoms with E-state index in [4.69, 9.17) is 23.2 Å². The first-order valence-electron chi connectivity index (χ1n) is 8.32. The van der Waals surface area contributed by atoms with Crippen molar-refractivity contribution in [2.24, 2.45) is 19.1 Å². The predicted molar refractivity (Wildman–Crippen MR) is 124 cm³/mol. The largest absolute Gasteiger partial charge is 0.368 e. The molecule has 0 amide bonds. The molecule has 152 valence electrons. The Bertz CT molecular complexity index is 967. The van der Waals surface area contributed by atoms with Crippen molar-refractivity contribution < 1.29 is 0 Å². The first kappa shape index (κ1) is 22.5. The highest BCUT2D eigenvalue weighted by Gasteiger charge is 2.10. The van der Waals surface area contributed by atoms with Crippen molar-refractivity contribution in [2.45, 2.75) is 6.54 Å². The minimum absolute atomic E-state index is 0. The van der Waals surface area contributed by atoms with Crippen LogP contribution in [-0.4, -0.2) is 50.4 Å². The van der Waals surface area contributed by atoms with Crippen molar-refractivity contribution >= 4 is 70.0 Å². The Hall–Kier alpha value is -1.79. The van der Waals surface area contributed by atoms with Crippen LogP contribution in [0.15, 0.2) is 23.6 Å². The molecule has 0 fully saturated rings. The predicted octanol–water partition coefficient (Wildman–Crippen LogP) is 2.40. The summed E-state index contributed by atoms with van der Waals surface area (Å²) in [5.41, 5.74) is 1.75. The number of rotatable bonds is 6. The van der Waals surface area contributed by atoms with E-state index in [1.165, 1.54) is 6.33 Å². The topological polar surface area (TPSA) is 97.0 Å². The molecule has 0 aliphatic carbocycles. The van der Waals surface area contributed by atoms with Gasteiger partial charge in [0.05, 0.1) is 23.2 Å². The molecule has 3 aromatic heterocycles. The van der Waals surface area contributed by atoms with E-state index < -0.39 is 0 Å². The lowest BCUT2D eigenvalue weighted by Gasteiger charge is -2.13. The Morgan fingerprint density at radius 3 is 2.64 bits per heavy atom. The van der Waals surface area contributed by atoms with Crippen LogP contribution in [0.3, 0.4) is 0 Å². The molecular formula is C16H22Cl2IN9. The summed E-state index contributed by atoms with van der Waals surface area (Å²) < 4.78 is 3.55. The summed E-state index contributed by atoms with van der Waals surface area (Å²) in [4.78, 5) is 12.7. The Balaban J connectivity index is 0.00000280. The third kappa shape index (κ3) is 4.97. The molecule has 3 heterocycles. The summed E-state index contributed by atoms with van der Waals surface area (Å²) in [6, 6.07) is 1.83. The summed E-state index contributed by atoms with van der Waals surface area (Å²) in [5.74, 6) is 1.44. The summed E-state index contributed by atoms with van der Waals surface area (Å²) in [5, 5.41) is 15.9. The lowest BCUT2D eigenvalue weighted by molar-refractivity contribution is 0.752. The molecule has 0 saturated heterocycles. The molecule has 28 heavy (non-hydrogen) atoms. The highest BCUT2D eigenvalue weighted by Crippen LogP contribution is 2.24. The molecule has 0 spiro atoms. The van der Waals surface area contributed by atoms with Crippen LogP contribution >= 0.6 is 47.2 Å². The molecule has 0 bridgehead atoms. The maximum Gasteiger partial charge on any atom is 0.191 e. The molecule has 0 aliphatic rings. The van der Waals surface area contributed by atoms with Crippen molar-refractivity contribution in [3.05, 3.63) is 34.5 Å². The maximum absolute atomic E-state index is 6.08. The fourth-order valence-electron chi connectivity index (χ4n) is 2.62. The number of aryl methyl sites for hydroxylation is 1. The molecule has 3 aromatic rings. The fourth-order valence-corrected chi connectivity index (χ4v) is 3.03. The van der Waals surface area contributed by atoms with Gasteiger partial charge in [-0.05, 0) is 6.07 Å². The number of guanidine groups is 1. The second-order valence-electron chi connectivity index (χ2n) is 5.84. The number of hydrogen-bond donors (Lipinski definition) is 3. The van der Waals surface area contributed by atoms with Gasteiger partial charge in [0.25, 0.3) is 0 Å². The van der Waals surface area contributed by atoms with Crippen molar-refractivity contribution in [1.82, 2.24) is 34.9 Å². The van der Waals surface area contributed by atoms with Gasteiger partial charge in [0, 0.05) is 39.9 Å². The van der Waals surface area contributed by atoms with E-state index in [0.29, 0.717) is 35.8 Å². The summed E-state index contributed by atoms with van der Waals surface area (Å²) in [6.45, 7) is 1.86. The van der Waals surface area contributed by atoms with Gasteiger partial charge in [-0.1, -0.05) is 23.2 Å². The fraction of sp³-hybridized carbons (Fsp3) is 0.375. The van der Waals surface area contributed by atoms with Gasteiger partial charge < -0.3 is 20.5 Å². The molecule has 3 rings (SSSR count). The van der Waals surface area contributed by atoms with Gasteiger partial charge in [-0.3, -0.25) is 9.67 Å². The third-order valence-electron chi connectivity index (χ3n) is 4.12. The standard InChI is InChI=1S/C16H21Cl2N9.HI/c1-19-16(22-7-10-6-12(17)13(18)26(10)2)21-5-4-20-14-11-8-25-27(3)15(11)24-9-23-14;/h6,8-9H,4-5,7H2,1-3H3,(H2,19,21,22)(H,20,23,24);1H. The van der Waals surface area contributed by atoms with Crippen LogP contribution in [-0.2, 0) is 20.6 Å². The average molecular weight is 538 g/mol. The average Bonchev–Trinajstić information content (AvgIpc) is 3.17. The number of aliphatic imine (C=N–C) groups is 1. The number of fused-ring (bicyclic) bond motifs is 1. The van der Waals surface area contributed by atoms with Gasteiger partial charge >= 0.3 is 0 Å². The van der Waals surface area contributed by atoms with Crippen molar-refractivity contribution in [3.8, 4) is 0 Å². The highest BCUT2D eigenvalue weighted by atomic mass is 127. The molecule has 3 N–H and O–H groups in total. The van der Waals surface area contributed by atoms with E-state index in [9.17, 15) is 0 Å². The molecule has 0 unspecified atom stereocenters. The number of aromatic nitrogens is 5. The quantitative estimate of drug-likeness (QED) is 0.193. The van der Waals surface area contributed by atoms with E-state index in [1.54, 1.807) is 17.9 Å². The summed E-state index contributed by atoms with van der Waals surface area (Å²) in [6.07, 6.45) is 3.28. The van der Waals surface area contributed by atoms with Crippen molar-refractivity contribution in [1.29, 1.82) is 0 Å². The van der Waals surface area contributed by atoms with Gasteiger partial charge in [-0.2, -0.15) is 5.10 Å². The van der Waals surface area contributed by atoms with Crippen LogP contribution in [0.4, 0.5) is 5.82 Å². The van der Waals surface area contributed by atoms with Crippen molar-refractivity contribution in [2.75, 3.05) is 25.5 Å². The number of nitrogens with one attached hydrogen (secondary N) is 3. The van der Waals surface area contributed by atoms with Gasteiger partial charge in [0.2, 0.25) is 0 Å². The Kier molecular flexibility index (Phi) is 8.13. The number of nitrogens with zero attached hydrogens (tertiary/aromatic N) is 6. The molecule has 0 aliphatic heterocycles. The molecule has 0 aromatic carbocycles. The Labute approximate surface area is 189 Å². The lowest BCUT2D eigenvalue weighted by atomic mass is 10.4. The van der Waals surface area contributed by atoms with E-state index >= 15 is 0 Å². The zero-order valence-electron chi connectivity index (χ0n) is 15.7. The maximum atomic E-state index is 6.08. The zero-order valence-corrected chi connectivity index (χ0v) is 19.5. The molecule has 0 atom stereocenters. The smallest absolute Gasteiger partial charge is 0.191 e. The second kappa shape index (κ2) is 10.1.